The van der Waals surface area contributed by atoms with Crippen LogP contribution < -0.4 is 10.2 Å². The number of carbonyl (C=O) groups is 1. The van der Waals surface area contributed by atoms with E-state index >= 15 is 0 Å². The van der Waals surface area contributed by atoms with Crippen LogP contribution in [0.15, 0.2) is 36.5 Å². The second kappa shape index (κ2) is 5.16. The molecule has 0 spiro atoms. The van der Waals surface area contributed by atoms with Crippen LogP contribution in [0.3, 0.4) is 0 Å². The Morgan fingerprint density at radius 1 is 1.43 bits per heavy atom. The summed E-state index contributed by atoms with van der Waals surface area (Å²) in [7, 11) is 1.67. The topological polar surface area (TPSA) is 45.2 Å². The summed E-state index contributed by atoms with van der Waals surface area (Å²) in [4.78, 5) is 18.5. The van der Waals surface area contributed by atoms with Gasteiger partial charge in [0.25, 0.3) is 5.91 Å². The van der Waals surface area contributed by atoms with Gasteiger partial charge < -0.3 is 10.2 Å². The lowest BCUT2D eigenvalue weighted by Gasteiger charge is -2.23. The minimum Gasteiger partial charge on any atom is -0.372 e. The monoisotopic (exact) mass is 285 g/mol. The molecule has 3 rings (SSSR count). The zero-order valence-electron chi connectivity index (χ0n) is 11.9. The summed E-state index contributed by atoms with van der Waals surface area (Å²) in [6, 6.07) is 9.07. The molecule has 5 heteroatoms. The lowest BCUT2D eigenvalue weighted by Crippen LogP contribution is -2.36. The van der Waals surface area contributed by atoms with Crippen molar-refractivity contribution in [3.8, 4) is 0 Å². The van der Waals surface area contributed by atoms with E-state index in [0.717, 1.165) is 23.9 Å². The van der Waals surface area contributed by atoms with E-state index in [0.29, 0.717) is 5.82 Å². The number of anilines is 2. The number of rotatable bonds is 2. The molecule has 0 aliphatic carbocycles. The van der Waals surface area contributed by atoms with Crippen molar-refractivity contribution in [3.63, 3.8) is 0 Å². The SMILES string of the molecule is CNc1ncc(F)cc1C(=O)N1c2ccccc2CC1C. The third-order valence-corrected chi connectivity index (χ3v) is 3.75. The molecule has 1 aromatic heterocycles. The quantitative estimate of drug-likeness (QED) is 0.923. The number of benzene rings is 1. The maximum Gasteiger partial charge on any atom is 0.262 e. The number of aromatic nitrogens is 1. The van der Waals surface area contributed by atoms with Crippen molar-refractivity contribution in [3.05, 3.63) is 53.5 Å². The molecule has 0 saturated heterocycles. The normalized spacial score (nSPS) is 16.7. The van der Waals surface area contributed by atoms with Gasteiger partial charge in [-0.25, -0.2) is 9.37 Å². The van der Waals surface area contributed by atoms with Gasteiger partial charge in [-0.15, -0.1) is 0 Å². The highest BCUT2D eigenvalue weighted by molar-refractivity contribution is 6.10. The van der Waals surface area contributed by atoms with Crippen molar-refractivity contribution < 1.29 is 9.18 Å². The summed E-state index contributed by atoms with van der Waals surface area (Å²) in [6.07, 6.45) is 1.91. The first kappa shape index (κ1) is 13.5. The molecule has 0 fully saturated rings. The molecular formula is C16H16FN3O. The van der Waals surface area contributed by atoms with Crippen LogP contribution in [0, 0.1) is 5.82 Å². The second-order valence-electron chi connectivity index (χ2n) is 5.16. The maximum atomic E-state index is 13.5. The van der Waals surface area contributed by atoms with Gasteiger partial charge in [-0.1, -0.05) is 18.2 Å². The Hall–Kier alpha value is -2.43. The molecule has 4 nitrogen and oxygen atoms in total. The lowest BCUT2D eigenvalue weighted by atomic mass is 10.1. The van der Waals surface area contributed by atoms with Gasteiger partial charge in [-0.2, -0.15) is 0 Å². The van der Waals surface area contributed by atoms with E-state index in [1.807, 2.05) is 31.2 Å². The Morgan fingerprint density at radius 2 is 2.19 bits per heavy atom. The average Bonchev–Trinajstić information content (AvgIpc) is 2.82. The van der Waals surface area contributed by atoms with Crippen LogP contribution in [0.1, 0.15) is 22.8 Å². The fraction of sp³-hybridized carbons (Fsp3) is 0.250. The molecule has 21 heavy (non-hydrogen) atoms. The summed E-state index contributed by atoms with van der Waals surface area (Å²) >= 11 is 0. The van der Waals surface area contributed by atoms with E-state index in [2.05, 4.69) is 10.3 Å². The van der Waals surface area contributed by atoms with Crippen LogP contribution in [-0.2, 0) is 6.42 Å². The molecule has 1 unspecified atom stereocenters. The molecule has 1 N–H and O–H groups in total. The van der Waals surface area contributed by atoms with Crippen molar-refractivity contribution in [2.75, 3.05) is 17.3 Å². The van der Waals surface area contributed by atoms with Gasteiger partial charge in [0.05, 0.1) is 11.8 Å². The number of hydrogen-bond donors (Lipinski definition) is 1. The number of nitrogens with one attached hydrogen (secondary N) is 1. The van der Waals surface area contributed by atoms with Crippen molar-refractivity contribution in [2.24, 2.45) is 0 Å². The summed E-state index contributed by atoms with van der Waals surface area (Å²) in [5.74, 6) is -0.362. The third kappa shape index (κ3) is 2.24. The number of halogens is 1. The van der Waals surface area contributed by atoms with Crippen molar-refractivity contribution >= 4 is 17.4 Å². The lowest BCUT2D eigenvalue weighted by molar-refractivity contribution is 0.0981. The molecule has 2 aromatic rings. The predicted octanol–water partition coefficient (Wildman–Crippen LogP) is 2.85. The molecule has 2 heterocycles. The van der Waals surface area contributed by atoms with Crippen LogP contribution in [0.4, 0.5) is 15.9 Å². The molecule has 0 radical (unpaired) electrons. The Labute approximate surface area is 122 Å². The largest absolute Gasteiger partial charge is 0.372 e. The van der Waals surface area contributed by atoms with Gasteiger partial charge in [0.1, 0.15) is 11.6 Å². The van der Waals surface area contributed by atoms with Gasteiger partial charge in [-0.3, -0.25) is 4.79 Å². The standard InChI is InChI=1S/C16H16FN3O/c1-10-7-11-5-3-4-6-14(11)20(10)16(21)13-8-12(17)9-19-15(13)18-2/h3-6,8-10H,7H2,1-2H3,(H,18,19). The molecule has 1 atom stereocenters. The molecule has 1 aromatic carbocycles. The number of pyridine rings is 1. The smallest absolute Gasteiger partial charge is 0.262 e. The second-order valence-corrected chi connectivity index (χ2v) is 5.16. The fourth-order valence-corrected chi connectivity index (χ4v) is 2.81. The number of para-hydroxylation sites is 1. The number of hydrogen-bond acceptors (Lipinski definition) is 3. The van der Waals surface area contributed by atoms with Crippen LogP contribution in [0.25, 0.3) is 0 Å². The number of nitrogens with zero attached hydrogens (tertiary/aromatic N) is 2. The maximum absolute atomic E-state index is 13.5. The minimum absolute atomic E-state index is 0.0443. The Bertz CT molecular complexity index is 702. The Balaban J connectivity index is 2.05. The molecule has 1 aliphatic heterocycles. The summed E-state index contributed by atoms with van der Waals surface area (Å²) < 4.78 is 13.5. The van der Waals surface area contributed by atoms with E-state index < -0.39 is 5.82 Å². The third-order valence-electron chi connectivity index (χ3n) is 3.75. The number of amides is 1. The highest BCUT2D eigenvalue weighted by Crippen LogP contribution is 2.33. The van der Waals surface area contributed by atoms with Crippen LogP contribution in [0.5, 0.6) is 0 Å². The first-order valence-corrected chi connectivity index (χ1v) is 6.86. The molecule has 1 amide bonds. The number of fused-ring (bicyclic) bond motifs is 1. The van der Waals surface area contributed by atoms with E-state index in [4.69, 9.17) is 0 Å². The van der Waals surface area contributed by atoms with Gasteiger partial charge in [-0.05, 0) is 31.0 Å². The first-order chi connectivity index (χ1) is 10.1. The molecular weight excluding hydrogens is 269 g/mol. The van der Waals surface area contributed by atoms with E-state index in [1.54, 1.807) is 11.9 Å². The highest BCUT2D eigenvalue weighted by Gasteiger charge is 2.32. The molecule has 108 valence electrons. The molecule has 1 aliphatic rings. The number of carbonyl (C=O) groups excluding carboxylic acids is 1. The van der Waals surface area contributed by atoms with E-state index in [9.17, 15) is 9.18 Å². The molecule has 0 saturated carbocycles. The first-order valence-electron chi connectivity index (χ1n) is 6.86. The van der Waals surface area contributed by atoms with Gasteiger partial charge in [0, 0.05) is 18.8 Å². The van der Waals surface area contributed by atoms with Crippen molar-refractivity contribution in [1.82, 2.24) is 4.98 Å². The van der Waals surface area contributed by atoms with Gasteiger partial charge in [0.15, 0.2) is 0 Å². The zero-order chi connectivity index (χ0) is 15.0. The Kier molecular flexibility index (Phi) is 3.33. The highest BCUT2D eigenvalue weighted by atomic mass is 19.1. The Morgan fingerprint density at radius 3 is 2.95 bits per heavy atom. The van der Waals surface area contributed by atoms with E-state index in [-0.39, 0.29) is 17.5 Å². The summed E-state index contributed by atoms with van der Waals surface area (Å²) in [5.41, 5.74) is 2.27. The predicted molar refractivity (Wildman–Crippen MR) is 80.2 cm³/mol. The summed E-state index contributed by atoms with van der Waals surface area (Å²) in [6.45, 7) is 1.99. The zero-order valence-corrected chi connectivity index (χ0v) is 11.9. The van der Waals surface area contributed by atoms with Crippen molar-refractivity contribution in [1.29, 1.82) is 0 Å². The summed E-state index contributed by atoms with van der Waals surface area (Å²) in [5, 5.41) is 2.84. The fourth-order valence-electron chi connectivity index (χ4n) is 2.81. The van der Waals surface area contributed by atoms with Gasteiger partial charge >= 0.3 is 0 Å². The minimum atomic E-state index is -0.516. The van der Waals surface area contributed by atoms with Crippen molar-refractivity contribution in [2.45, 2.75) is 19.4 Å². The van der Waals surface area contributed by atoms with E-state index in [1.165, 1.54) is 6.07 Å². The average molecular weight is 285 g/mol. The van der Waals surface area contributed by atoms with Crippen LogP contribution in [-0.4, -0.2) is 24.0 Å². The van der Waals surface area contributed by atoms with Crippen LogP contribution >= 0.6 is 0 Å². The molecule has 0 bridgehead atoms. The van der Waals surface area contributed by atoms with Gasteiger partial charge in [0.2, 0.25) is 0 Å². The van der Waals surface area contributed by atoms with Crippen LogP contribution in [0.2, 0.25) is 0 Å².